The predicted octanol–water partition coefficient (Wildman–Crippen LogP) is 1.86. The van der Waals surface area contributed by atoms with Gasteiger partial charge in [-0.2, -0.15) is 0 Å². The average molecular weight is 283 g/mol. The fourth-order valence-electron chi connectivity index (χ4n) is 2.21. The van der Waals surface area contributed by atoms with E-state index in [9.17, 15) is 4.79 Å². The van der Waals surface area contributed by atoms with Gasteiger partial charge in [-0.05, 0) is 20.3 Å². The Morgan fingerprint density at radius 3 is 2.68 bits per heavy atom. The molecule has 4 N–H and O–H groups in total. The van der Waals surface area contributed by atoms with Crippen LogP contribution in [0.25, 0.3) is 0 Å². The molecule has 1 aliphatic rings. The summed E-state index contributed by atoms with van der Waals surface area (Å²) in [6, 6.07) is 0.177. The Balaban J connectivity index is 2.40. The molecule has 0 aromatic carbocycles. The van der Waals surface area contributed by atoms with Crippen LogP contribution in [0.5, 0.6) is 5.75 Å². The van der Waals surface area contributed by atoms with E-state index in [0.29, 0.717) is 16.3 Å². The van der Waals surface area contributed by atoms with Crippen LogP contribution in [0, 0.1) is 0 Å². The second-order valence-corrected chi connectivity index (χ2v) is 6.20. The summed E-state index contributed by atoms with van der Waals surface area (Å²) in [5.74, 6) is 0.616. The number of carbonyl (C=O) groups is 1. The Morgan fingerprint density at radius 1 is 1.53 bits per heavy atom. The SMILES string of the molecule is CC(=O)c1sc(N2CCC(N)C2)c(OC(C)C)c1N. The largest absolute Gasteiger partial charge is 0.486 e. The Hall–Kier alpha value is -1.27. The van der Waals surface area contributed by atoms with Crippen LogP contribution >= 0.6 is 11.3 Å². The number of Topliss-reactive ketones (excluding diaryl/α,β-unsaturated/α-hetero) is 1. The number of hydrogen-bond acceptors (Lipinski definition) is 6. The van der Waals surface area contributed by atoms with Gasteiger partial charge in [0.05, 0.1) is 16.7 Å². The number of rotatable bonds is 4. The molecule has 1 fully saturated rings. The summed E-state index contributed by atoms with van der Waals surface area (Å²) in [4.78, 5) is 14.4. The van der Waals surface area contributed by atoms with Crippen LogP contribution in [-0.2, 0) is 0 Å². The number of ketones is 1. The van der Waals surface area contributed by atoms with Gasteiger partial charge < -0.3 is 21.1 Å². The van der Waals surface area contributed by atoms with Crippen molar-refractivity contribution < 1.29 is 9.53 Å². The number of ether oxygens (including phenoxy) is 1. The van der Waals surface area contributed by atoms with Crippen LogP contribution in [-0.4, -0.2) is 31.0 Å². The molecule has 1 unspecified atom stereocenters. The molecule has 0 radical (unpaired) electrons. The number of nitrogens with two attached hydrogens (primary N) is 2. The van der Waals surface area contributed by atoms with E-state index in [0.717, 1.165) is 24.5 Å². The fourth-order valence-corrected chi connectivity index (χ4v) is 3.29. The standard InChI is InChI=1S/C13H21N3O2S/c1-7(2)18-11-10(15)12(8(3)17)19-13(11)16-5-4-9(14)6-16/h7,9H,4-6,14-15H2,1-3H3. The topological polar surface area (TPSA) is 81.6 Å². The Kier molecular flexibility index (Phi) is 4.01. The van der Waals surface area contributed by atoms with Gasteiger partial charge in [0.15, 0.2) is 11.5 Å². The molecular formula is C13H21N3O2S. The molecule has 0 saturated carbocycles. The third kappa shape index (κ3) is 2.84. The van der Waals surface area contributed by atoms with E-state index in [2.05, 4.69) is 4.90 Å². The van der Waals surface area contributed by atoms with Crippen LogP contribution in [0.3, 0.4) is 0 Å². The van der Waals surface area contributed by atoms with Gasteiger partial charge in [0.2, 0.25) is 0 Å². The smallest absolute Gasteiger partial charge is 0.177 e. The summed E-state index contributed by atoms with van der Waals surface area (Å²) in [5.41, 5.74) is 12.5. The van der Waals surface area contributed by atoms with Crippen LogP contribution in [0.15, 0.2) is 0 Å². The van der Waals surface area contributed by atoms with Crippen LogP contribution in [0.2, 0.25) is 0 Å². The van der Waals surface area contributed by atoms with Crippen molar-refractivity contribution in [3.8, 4) is 5.75 Å². The minimum absolute atomic E-state index is 0.0201. The van der Waals surface area contributed by atoms with Gasteiger partial charge >= 0.3 is 0 Å². The molecule has 19 heavy (non-hydrogen) atoms. The third-order valence-corrected chi connectivity index (χ3v) is 4.42. The number of nitrogen functional groups attached to an aromatic ring is 1. The molecule has 0 spiro atoms. The summed E-state index contributed by atoms with van der Waals surface area (Å²) in [5, 5.41) is 0.935. The molecule has 2 rings (SSSR count). The second-order valence-electron chi connectivity index (χ2n) is 5.20. The lowest BCUT2D eigenvalue weighted by Gasteiger charge is -2.19. The highest BCUT2D eigenvalue weighted by Gasteiger charge is 2.28. The first kappa shape index (κ1) is 14.1. The Morgan fingerprint density at radius 2 is 2.21 bits per heavy atom. The monoisotopic (exact) mass is 283 g/mol. The van der Waals surface area contributed by atoms with Gasteiger partial charge in [0.25, 0.3) is 0 Å². The summed E-state index contributed by atoms with van der Waals surface area (Å²) in [6.07, 6.45) is 0.973. The van der Waals surface area contributed by atoms with Crippen molar-refractivity contribution in [1.29, 1.82) is 0 Å². The van der Waals surface area contributed by atoms with Crippen LogP contribution in [0.1, 0.15) is 36.9 Å². The minimum Gasteiger partial charge on any atom is -0.486 e. The average Bonchev–Trinajstić information content (AvgIpc) is 2.84. The number of thiophene rings is 1. The van der Waals surface area contributed by atoms with Gasteiger partial charge in [-0.25, -0.2) is 0 Å². The molecule has 1 aliphatic heterocycles. The minimum atomic E-state index is -0.0224. The van der Waals surface area contributed by atoms with Crippen LogP contribution in [0.4, 0.5) is 10.7 Å². The predicted molar refractivity (Wildman–Crippen MR) is 79.3 cm³/mol. The zero-order chi connectivity index (χ0) is 14.2. The number of nitrogens with zero attached hydrogens (tertiary/aromatic N) is 1. The van der Waals surface area contributed by atoms with E-state index in [4.69, 9.17) is 16.2 Å². The summed E-state index contributed by atoms with van der Waals surface area (Å²) in [7, 11) is 0. The molecular weight excluding hydrogens is 262 g/mol. The lowest BCUT2D eigenvalue weighted by Crippen LogP contribution is -2.26. The number of hydrogen-bond donors (Lipinski definition) is 2. The Bertz CT molecular complexity index is 484. The van der Waals surface area contributed by atoms with Crippen molar-refractivity contribution in [1.82, 2.24) is 0 Å². The maximum absolute atomic E-state index is 11.6. The fraction of sp³-hybridized carbons (Fsp3) is 0.615. The molecule has 0 aliphatic carbocycles. The van der Waals surface area contributed by atoms with Crippen molar-refractivity contribution in [3.05, 3.63) is 4.88 Å². The second kappa shape index (κ2) is 5.38. The number of carbonyl (C=O) groups excluding carboxylic acids is 1. The molecule has 2 heterocycles. The van der Waals surface area contributed by atoms with Crippen molar-refractivity contribution in [2.75, 3.05) is 23.7 Å². The van der Waals surface area contributed by atoms with E-state index < -0.39 is 0 Å². The first-order valence-corrected chi connectivity index (χ1v) is 7.32. The first-order chi connectivity index (χ1) is 8.90. The summed E-state index contributed by atoms with van der Waals surface area (Å²) in [6.45, 7) is 7.09. The molecule has 1 aromatic heterocycles. The van der Waals surface area contributed by atoms with Crippen LogP contribution < -0.4 is 21.1 Å². The van der Waals surface area contributed by atoms with Gasteiger partial charge in [-0.1, -0.05) is 0 Å². The quantitative estimate of drug-likeness (QED) is 0.824. The van der Waals surface area contributed by atoms with E-state index >= 15 is 0 Å². The van der Waals surface area contributed by atoms with Gasteiger partial charge in [-0.15, -0.1) is 11.3 Å². The summed E-state index contributed by atoms with van der Waals surface area (Å²) < 4.78 is 5.81. The maximum Gasteiger partial charge on any atom is 0.177 e. The number of anilines is 2. The third-order valence-electron chi connectivity index (χ3n) is 3.07. The molecule has 0 amide bonds. The maximum atomic E-state index is 11.6. The zero-order valence-corrected chi connectivity index (χ0v) is 12.4. The Labute approximate surface area is 117 Å². The molecule has 5 nitrogen and oxygen atoms in total. The van der Waals surface area contributed by atoms with Crippen molar-refractivity contribution in [3.63, 3.8) is 0 Å². The molecule has 1 aromatic rings. The van der Waals surface area contributed by atoms with E-state index in [-0.39, 0.29) is 17.9 Å². The first-order valence-electron chi connectivity index (χ1n) is 6.50. The highest BCUT2D eigenvalue weighted by atomic mass is 32.1. The lowest BCUT2D eigenvalue weighted by atomic mass is 10.3. The highest BCUT2D eigenvalue weighted by Crippen LogP contribution is 2.46. The van der Waals surface area contributed by atoms with Crippen molar-refractivity contribution >= 4 is 27.8 Å². The molecule has 1 saturated heterocycles. The molecule has 1 atom stereocenters. The van der Waals surface area contributed by atoms with Crippen molar-refractivity contribution in [2.45, 2.75) is 39.3 Å². The van der Waals surface area contributed by atoms with Gasteiger partial charge in [0.1, 0.15) is 5.00 Å². The van der Waals surface area contributed by atoms with Gasteiger partial charge in [-0.3, -0.25) is 4.79 Å². The lowest BCUT2D eigenvalue weighted by molar-refractivity contribution is 0.102. The van der Waals surface area contributed by atoms with E-state index in [1.165, 1.54) is 18.3 Å². The highest BCUT2D eigenvalue weighted by molar-refractivity contribution is 7.19. The molecule has 106 valence electrons. The van der Waals surface area contributed by atoms with E-state index in [1.807, 2.05) is 13.8 Å². The summed E-state index contributed by atoms with van der Waals surface area (Å²) >= 11 is 1.41. The van der Waals surface area contributed by atoms with E-state index in [1.54, 1.807) is 0 Å². The van der Waals surface area contributed by atoms with Gasteiger partial charge in [0, 0.05) is 26.1 Å². The molecule has 0 bridgehead atoms. The van der Waals surface area contributed by atoms with Crippen molar-refractivity contribution in [2.24, 2.45) is 5.73 Å². The normalized spacial score (nSPS) is 19.2. The zero-order valence-electron chi connectivity index (χ0n) is 11.6. The molecule has 6 heteroatoms.